The van der Waals surface area contributed by atoms with Gasteiger partial charge in [-0.2, -0.15) is 0 Å². The van der Waals surface area contributed by atoms with Crippen molar-refractivity contribution in [1.82, 2.24) is 0 Å². The molecule has 0 aromatic heterocycles. The lowest BCUT2D eigenvalue weighted by Gasteiger charge is -1.98. The van der Waals surface area contributed by atoms with Gasteiger partial charge in [0, 0.05) is 59.0 Å². The van der Waals surface area contributed by atoms with Gasteiger partial charge in [0.15, 0.2) is 0 Å². The van der Waals surface area contributed by atoms with Crippen molar-refractivity contribution in [3.8, 4) is 0 Å². The van der Waals surface area contributed by atoms with Gasteiger partial charge in [-0.3, -0.25) is 0 Å². The average Bonchev–Trinajstić information content (AvgIpc) is 2.60. The molecular formula is H2S24. The van der Waals surface area contributed by atoms with E-state index in [4.69, 9.17) is 0 Å². The summed E-state index contributed by atoms with van der Waals surface area (Å²) in [5, 5.41) is 0. The Bertz CT molecular complexity index is 174. The maximum atomic E-state index is 4.06. The van der Waals surface area contributed by atoms with Gasteiger partial charge in [-0.15, -0.1) is 0 Å². The molecule has 24 heteroatoms. The molecule has 0 atom stereocenters. The van der Waals surface area contributed by atoms with Crippen molar-refractivity contribution < 1.29 is 0 Å². The van der Waals surface area contributed by atoms with Gasteiger partial charge in [-0.05, 0) is 157 Å². The van der Waals surface area contributed by atoms with Gasteiger partial charge in [0.25, 0.3) is 0 Å². The minimum absolute atomic E-state index is 1.48. The first-order valence-electron chi connectivity index (χ1n) is 3.87. The zero-order valence-corrected chi connectivity index (χ0v) is 29.6. The second-order valence-corrected chi connectivity index (χ2v) is 40.8. The maximum absolute atomic E-state index is 4.06. The summed E-state index contributed by atoms with van der Waals surface area (Å²) in [5.41, 5.74) is 0. The lowest BCUT2D eigenvalue weighted by atomic mass is 30.1. The van der Waals surface area contributed by atoms with Crippen LogP contribution in [0.25, 0.3) is 0 Å². The molecule has 0 radical (unpaired) electrons. The number of thiol groups is 2. The molecule has 146 valence electrons. The Balaban J connectivity index is 2.93. The lowest BCUT2D eigenvalue weighted by molar-refractivity contribution is 5.61. The summed E-state index contributed by atoms with van der Waals surface area (Å²) in [4.78, 5) is 0. The molecule has 0 aromatic rings. The molecule has 0 aliphatic rings. The molecule has 0 aromatic carbocycles. The van der Waals surface area contributed by atoms with E-state index in [1.807, 2.05) is 78.6 Å². The molecule has 0 N–H and O–H groups in total. The van der Waals surface area contributed by atoms with Crippen LogP contribution in [-0.2, 0) is 0 Å². The smallest absolute Gasteiger partial charge is 0 e. The first-order chi connectivity index (χ1) is 11.9. The Labute approximate surface area is 234 Å². The summed E-state index contributed by atoms with van der Waals surface area (Å²) in [6.07, 6.45) is 0. The molecule has 0 rings (SSSR count). The normalized spacial score (nSPS) is 11.2. The van der Waals surface area contributed by atoms with Gasteiger partial charge in [0.1, 0.15) is 0 Å². The van der Waals surface area contributed by atoms with Gasteiger partial charge in [-0.1, -0.05) is 23.3 Å². The van der Waals surface area contributed by atoms with Crippen LogP contribution in [-0.4, -0.2) is 0 Å². The topological polar surface area (TPSA) is 0 Å². The van der Waals surface area contributed by atoms with Crippen LogP contribution >= 0.6 is 239 Å². The Hall–Kier alpha value is 8.40. The van der Waals surface area contributed by atoms with Crippen molar-refractivity contribution in [3.05, 3.63) is 0 Å². The molecule has 0 amide bonds. The molecule has 0 unspecified atom stereocenters. The fraction of sp³-hybridized carbons (Fsp3) is 0. The standard InChI is InChI=1S/H2S24/c1-3-5-7-9-11-13-15-17-19-21-23-24-22-20-18-16-14-12-10-8-6-4-2/h1-2H. The first kappa shape index (κ1) is 32.4. The predicted molar refractivity (Wildman–Crippen MR) is 185 cm³/mol. The highest BCUT2D eigenvalue weighted by molar-refractivity contribution is 9.59. The van der Waals surface area contributed by atoms with Crippen molar-refractivity contribution in [2.75, 3.05) is 0 Å². The minimum Gasteiger partial charge on any atom is -0.0988 e. The largest absolute Gasteiger partial charge is 0.0988 e. The van der Waals surface area contributed by atoms with Crippen LogP contribution < -0.4 is 0 Å². The molecule has 0 aliphatic heterocycles. The molecule has 0 spiro atoms. The fourth-order valence-electron chi connectivity index (χ4n) is 0.229. The lowest BCUT2D eigenvalue weighted by Crippen LogP contribution is -1.34. The summed E-state index contributed by atoms with van der Waals surface area (Å²) < 4.78 is 0. The third-order valence-electron chi connectivity index (χ3n) is 0.589. The molecule has 0 nitrogen and oxygen atoms in total. The summed E-state index contributed by atoms with van der Waals surface area (Å²) >= 11 is 8.12. The van der Waals surface area contributed by atoms with E-state index < -0.39 is 0 Å². The summed E-state index contributed by atoms with van der Waals surface area (Å²) in [6, 6.07) is 0. The van der Waals surface area contributed by atoms with E-state index >= 15 is 0 Å². The van der Waals surface area contributed by atoms with Crippen molar-refractivity contribution in [3.63, 3.8) is 0 Å². The van der Waals surface area contributed by atoms with E-state index in [0.717, 1.165) is 0 Å². The molecule has 0 aliphatic carbocycles. The Kier molecular flexibility index (Phi) is 42.4. The second-order valence-electron chi connectivity index (χ2n) is 1.51. The summed E-state index contributed by atoms with van der Waals surface area (Å²) in [5.74, 6) is 0. The van der Waals surface area contributed by atoms with Gasteiger partial charge >= 0.3 is 0 Å². The molecule has 24 heavy (non-hydrogen) atoms. The van der Waals surface area contributed by atoms with E-state index in [0.29, 0.717) is 0 Å². The van der Waals surface area contributed by atoms with E-state index in [1.54, 1.807) is 118 Å². The highest BCUT2D eigenvalue weighted by Crippen LogP contribution is 2.65. The van der Waals surface area contributed by atoms with Crippen LogP contribution in [0, 0.1) is 0 Å². The van der Waals surface area contributed by atoms with E-state index in [2.05, 4.69) is 23.3 Å². The van der Waals surface area contributed by atoms with Crippen molar-refractivity contribution >= 4 is 239 Å². The molecule has 0 saturated carbocycles. The average molecular weight is 772 g/mol. The first-order valence-corrected chi connectivity index (χ1v) is 34.8. The summed E-state index contributed by atoms with van der Waals surface area (Å²) in [6.45, 7) is 0. The van der Waals surface area contributed by atoms with E-state index in [-0.39, 0.29) is 0 Å². The van der Waals surface area contributed by atoms with Gasteiger partial charge in [0.05, 0.1) is 0 Å². The Morgan fingerprint density at radius 3 is 0.458 bits per heavy atom. The third-order valence-corrected chi connectivity index (χ3v) is 47.7. The number of hydrogen-bond acceptors (Lipinski definition) is 24. The zero-order valence-electron chi connectivity index (χ0n) is 9.88. The molecular weight excluding hydrogens is 770 g/mol. The van der Waals surface area contributed by atoms with Crippen molar-refractivity contribution in [1.29, 1.82) is 0 Å². The summed E-state index contributed by atoms with van der Waals surface area (Å²) in [7, 11) is 38.7. The fourth-order valence-corrected chi connectivity index (χ4v) is 55.6. The number of rotatable bonds is 21. The highest BCUT2D eigenvalue weighted by Gasteiger charge is 2.00. The van der Waals surface area contributed by atoms with Crippen LogP contribution in [0.5, 0.6) is 0 Å². The van der Waals surface area contributed by atoms with Crippen LogP contribution in [0.15, 0.2) is 0 Å². The zero-order chi connectivity index (χ0) is 17.6. The van der Waals surface area contributed by atoms with E-state index in [1.165, 1.54) is 19.7 Å². The van der Waals surface area contributed by atoms with E-state index in [9.17, 15) is 0 Å². The van der Waals surface area contributed by atoms with Crippen molar-refractivity contribution in [2.24, 2.45) is 0 Å². The van der Waals surface area contributed by atoms with Crippen molar-refractivity contribution in [2.45, 2.75) is 0 Å². The van der Waals surface area contributed by atoms with Crippen LogP contribution in [0.2, 0.25) is 0 Å². The van der Waals surface area contributed by atoms with Gasteiger partial charge in [0.2, 0.25) is 0 Å². The van der Waals surface area contributed by atoms with Gasteiger partial charge in [-0.25, -0.2) is 0 Å². The van der Waals surface area contributed by atoms with Gasteiger partial charge < -0.3 is 0 Å². The number of hydrogen-bond donors (Lipinski definition) is 2. The van der Waals surface area contributed by atoms with Crippen LogP contribution in [0.1, 0.15) is 0 Å². The van der Waals surface area contributed by atoms with Crippen LogP contribution in [0.4, 0.5) is 0 Å². The molecule has 0 fully saturated rings. The molecule has 0 saturated heterocycles. The Morgan fingerprint density at radius 1 is 0.208 bits per heavy atom. The second kappa shape index (κ2) is 31.4. The molecule has 0 bridgehead atoms. The highest BCUT2D eigenvalue weighted by atomic mass is 34.1. The monoisotopic (exact) mass is 769 g/mol. The van der Waals surface area contributed by atoms with Crippen LogP contribution in [0.3, 0.4) is 0 Å². The minimum atomic E-state index is 1.48. The third kappa shape index (κ3) is 30.4. The maximum Gasteiger partial charge on any atom is 0 e. The Morgan fingerprint density at radius 2 is 0.333 bits per heavy atom. The SMILES string of the molecule is SSSSSSSSSSSSSSSSSSSSSSSS. The molecule has 0 heterocycles. The predicted octanol–water partition coefficient (Wildman–Crippen LogP) is 15.0. The quantitative estimate of drug-likeness (QED) is 0.0645.